The highest BCUT2D eigenvalue weighted by Crippen LogP contribution is 2.20. The maximum Gasteiger partial charge on any atom is 0.225 e. The predicted molar refractivity (Wildman–Crippen MR) is 91.7 cm³/mol. The van der Waals surface area contributed by atoms with Crippen molar-refractivity contribution < 1.29 is 9.59 Å². The number of carbonyl (C=O) groups is 2. The number of nitrogens with zero attached hydrogens (tertiary/aromatic N) is 5. The van der Waals surface area contributed by atoms with Crippen LogP contribution in [-0.4, -0.2) is 50.1 Å². The normalized spacial score (nSPS) is 17.4. The maximum atomic E-state index is 12.3. The number of fused-ring (bicyclic) bond motifs is 1. The van der Waals surface area contributed by atoms with E-state index < -0.39 is 0 Å². The Kier molecular flexibility index (Phi) is 3.92. The van der Waals surface area contributed by atoms with Crippen molar-refractivity contribution in [1.29, 1.82) is 0 Å². The van der Waals surface area contributed by atoms with Crippen LogP contribution in [0.15, 0.2) is 29.0 Å². The summed E-state index contributed by atoms with van der Waals surface area (Å²) in [4.78, 5) is 25.4. The molecule has 2 amide bonds. The molecule has 1 aliphatic heterocycles. The molecule has 3 aromatic rings. The monoisotopic (exact) mass is 356 g/mol. The molecule has 1 aliphatic rings. The minimum Gasteiger partial charge on any atom is -0.348 e. The van der Waals surface area contributed by atoms with Gasteiger partial charge in [-0.2, -0.15) is 21.0 Å². The van der Waals surface area contributed by atoms with E-state index in [1.807, 2.05) is 29.0 Å². The summed E-state index contributed by atoms with van der Waals surface area (Å²) in [5.74, 6) is 0.0858. The van der Waals surface area contributed by atoms with Gasteiger partial charge in [0.1, 0.15) is 0 Å². The number of rotatable bonds is 4. The lowest BCUT2D eigenvalue weighted by Gasteiger charge is -2.10. The van der Waals surface area contributed by atoms with Gasteiger partial charge in [0, 0.05) is 31.0 Å². The highest BCUT2D eigenvalue weighted by Gasteiger charge is 2.32. The largest absolute Gasteiger partial charge is 0.348 e. The molecule has 128 valence electrons. The molecule has 9 heteroatoms. The van der Waals surface area contributed by atoms with Crippen LogP contribution in [0, 0.1) is 5.92 Å². The van der Waals surface area contributed by atoms with E-state index in [0.29, 0.717) is 18.0 Å². The Hall–Kier alpha value is -2.81. The van der Waals surface area contributed by atoms with Gasteiger partial charge in [-0.15, -0.1) is 10.2 Å². The van der Waals surface area contributed by atoms with Crippen LogP contribution >= 0.6 is 11.3 Å². The predicted octanol–water partition coefficient (Wildman–Crippen LogP) is 0.947. The van der Waals surface area contributed by atoms with E-state index >= 15 is 0 Å². The van der Waals surface area contributed by atoms with Gasteiger partial charge in [0.15, 0.2) is 11.5 Å². The molecule has 0 spiro atoms. The molecule has 1 fully saturated rings. The topological polar surface area (TPSA) is 92.5 Å². The van der Waals surface area contributed by atoms with Gasteiger partial charge in [-0.25, -0.2) is 0 Å². The fraction of sp³-hybridized carbons (Fsp3) is 0.312. The van der Waals surface area contributed by atoms with E-state index in [-0.39, 0.29) is 30.7 Å². The second kappa shape index (κ2) is 6.25. The summed E-state index contributed by atoms with van der Waals surface area (Å²) < 4.78 is 1.64. The Labute approximate surface area is 147 Å². The fourth-order valence-corrected chi connectivity index (χ4v) is 3.51. The van der Waals surface area contributed by atoms with E-state index in [2.05, 4.69) is 20.6 Å². The van der Waals surface area contributed by atoms with E-state index in [1.54, 1.807) is 27.8 Å². The molecule has 0 unspecified atom stereocenters. The first-order valence-corrected chi connectivity index (χ1v) is 8.81. The van der Waals surface area contributed by atoms with Gasteiger partial charge in [-0.05, 0) is 23.6 Å². The Morgan fingerprint density at radius 2 is 2.24 bits per heavy atom. The molecule has 1 saturated heterocycles. The number of hydrogen-bond donors (Lipinski definition) is 1. The smallest absolute Gasteiger partial charge is 0.225 e. The van der Waals surface area contributed by atoms with Gasteiger partial charge in [0.2, 0.25) is 11.8 Å². The van der Waals surface area contributed by atoms with E-state index in [9.17, 15) is 9.59 Å². The average molecular weight is 356 g/mol. The van der Waals surface area contributed by atoms with E-state index in [0.717, 1.165) is 11.3 Å². The Bertz CT molecular complexity index is 935. The third kappa shape index (κ3) is 2.98. The van der Waals surface area contributed by atoms with Crippen molar-refractivity contribution in [2.24, 2.45) is 5.92 Å². The Morgan fingerprint density at radius 3 is 2.96 bits per heavy atom. The molecule has 4 rings (SSSR count). The number of amides is 2. The van der Waals surface area contributed by atoms with Gasteiger partial charge in [-0.3, -0.25) is 9.59 Å². The van der Waals surface area contributed by atoms with Crippen molar-refractivity contribution in [2.75, 3.05) is 13.6 Å². The highest BCUT2D eigenvalue weighted by molar-refractivity contribution is 7.08. The lowest BCUT2D eigenvalue weighted by molar-refractivity contribution is -0.128. The number of carbonyl (C=O) groups excluding carboxylic acids is 2. The molecule has 0 aromatic carbocycles. The van der Waals surface area contributed by atoms with Crippen LogP contribution in [0.1, 0.15) is 12.2 Å². The summed E-state index contributed by atoms with van der Waals surface area (Å²) in [5, 5.41) is 19.6. The average Bonchev–Trinajstić information content (AvgIpc) is 3.33. The van der Waals surface area contributed by atoms with Crippen molar-refractivity contribution in [2.45, 2.75) is 13.0 Å². The van der Waals surface area contributed by atoms with Crippen LogP contribution < -0.4 is 5.32 Å². The lowest BCUT2D eigenvalue weighted by Crippen LogP contribution is -2.32. The number of aromatic nitrogens is 4. The van der Waals surface area contributed by atoms with Gasteiger partial charge in [0.25, 0.3) is 0 Å². The summed E-state index contributed by atoms with van der Waals surface area (Å²) >= 11 is 1.61. The first-order valence-electron chi connectivity index (χ1n) is 7.87. The zero-order valence-corrected chi connectivity index (χ0v) is 14.4. The highest BCUT2D eigenvalue weighted by atomic mass is 32.1. The summed E-state index contributed by atoms with van der Waals surface area (Å²) in [6, 6.07) is 5.75. The third-order valence-electron chi connectivity index (χ3n) is 4.28. The van der Waals surface area contributed by atoms with E-state index in [4.69, 9.17) is 0 Å². The second-order valence-corrected chi connectivity index (χ2v) is 6.79. The van der Waals surface area contributed by atoms with Crippen LogP contribution in [0.3, 0.4) is 0 Å². The minimum absolute atomic E-state index is 0.00449. The quantitative estimate of drug-likeness (QED) is 0.751. The third-order valence-corrected chi connectivity index (χ3v) is 4.96. The van der Waals surface area contributed by atoms with Crippen LogP contribution in [0.5, 0.6) is 0 Å². The lowest BCUT2D eigenvalue weighted by atomic mass is 10.1. The van der Waals surface area contributed by atoms with Crippen molar-refractivity contribution in [1.82, 2.24) is 30.0 Å². The van der Waals surface area contributed by atoms with Crippen molar-refractivity contribution in [3.05, 3.63) is 34.8 Å². The first kappa shape index (κ1) is 15.7. The maximum absolute atomic E-state index is 12.3. The zero-order valence-electron chi connectivity index (χ0n) is 13.5. The molecule has 1 atom stereocenters. The summed E-state index contributed by atoms with van der Waals surface area (Å²) in [6.07, 6.45) is 0.253. The molecular formula is C16H16N6O2S. The number of thiophene rings is 1. The van der Waals surface area contributed by atoms with Crippen LogP contribution in [-0.2, 0) is 16.1 Å². The number of nitrogens with one attached hydrogen (secondary N) is 1. The fourth-order valence-electron chi connectivity index (χ4n) is 2.86. The molecule has 0 saturated carbocycles. The first-order chi connectivity index (χ1) is 12.1. The Balaban J connectivity index is 1.51. The molecule has 3 aromatic heterocycles. The summed E-state index contributed by atoms with van der Waals surface area (Å²) in [5.41, 5.74) is 2.48. The van der Waals surface area contributed by atoms with Crippen LogP contribution in [0.2, 0.25) is 0 Å². The molecule has 0 bridgehead atoms. The molecule has 0 radical (unpaired) electrons. The van der Waals surface area contributed by atoms with Crippen LogP contribution in [0.25, 0.3) is 16.9 Å². The molecule has 0 aliphatic carbocycles. The van der Waals surface area contributed by atoms with Gasteiger partial charge in [0.05, 0.1) is 18.2 Å². The van der Waals surface area contributed by atoms with E-state index in [1.165, 1.54) is 0 Å². The van der Waals surface area contributed by atoms with Crippen molar-refractivity contribution in [3.8, 4) is 11.3 Å². The Morgan fingerprint density at radius 1 is 1.36 bits per heavy atom. The van der Waals surface area contributed by atoms with Gasteiger partial charge in [-0.1, -0.05) is 0 Å². The SMILES string of the molecule is CN1C[C@H](C(=O)NCc2nnc3ccc(-c4ccsc4)nn23)CC1=O. The van der Waals surface area contributed by atoms with Crippen molar-refractivity contribution in [3.63, 3.8) is 0 Å². The molecular weight excluding hydrogens is 340 g/mol. The number of likely N-dealkylation sites (tertiary alicyclic amines) is 1. The summed E-state index contributed by atoms with van der Waals surface area (Å²) in [6.45, 7) is 0.667. The zero-order chi connectivity index (χ0) is 17.4. The molecule has 8 nitrogen and oxygen atoms in total. The van der Waals surface area contributed by atoms with Gasteiger partial charge < -0.3 is 10.2 Å². The van der Waals surface area contributed by atoms with Crippen molar-refractivity contribution >= 4 is 28.8 Å². The summed E-state index contributed by atoms with van der Waals surface area (Å²) in [7, 11) is 1.71. The minimum atomic E-state index is -0.314. The molecule has 25 heavy (non-hydrogen) atoms. The molecule has 4 heterocycles. The number of hydrogen-bond acceptors (Lipinski definition) is 6. The standard InChI is InChI=1S/C16H16N6O2S/c1-21-8-11(6-15(21)23)16(24)17-7-14-19-18-13-3-2-12(20-22(13)14)10-4-5-25-9-10/h2-5,9,11H,6-8H2,1H3,(H,17,24)/t11-/m1/s1. The van der Waals surface area contributed by atoms with Crippen LogP contribution in [0.4, 0.5) is 0 Å². The second-order valence-electron chi connectivity index (χ2n) is 6.01. The van der Waals surface area contributed by atoms with Gasteiger partial charge >= 0.3 is 0 Å². The molecule has 1 N–H and O–H groups in total.